The van der Waals surface area contributed by atoms with Crippen LogP contribution in [0.4, 0.5) is 0 Å². The first-order valence-electron chi connectivity index (χ1n) is 6.00. The van der Waals surface area contributed by atoms with E-state index >= 15 is 0 Å². The molecule has 1 heterocycles. The number of ether oxygens (including phenoxy) is 2. The topological polar surface area (TPSA) is 53.3 Å². The standard InChI is InChI=1S/C14H16N2O3/c1-11-15-10-13(14(17)18-2)16(11)8-9-19-12-6-4-3-5-7-12/h3-7,10H,8-9H2,1-2H3. The third-order valence-corrected chi connectivity index (χ3v) is 2.78. The Labute approximate surface area is 111 Å². The van der Waals surface area contributed by atoms with Gasteiger partial charge in [0.2, 0.25) is 0 Å². The molecule has 0 aliphatic rings. The fourth-order valence-electron chi connectivity index (χ4n) is 1.79. The molecule has 1 aromatic carbocycles. The summed E-state index contributed by atoms with van der Waals surface area (Å²) in [7, 11) is 1.36. The molecule has 0 fully saturated rings. The van der Waals surface area contributed by atoms with Crippen molar-refractivity contribution in [1.82, 2.24) is 9.55 Å². The van der Waals surface area contributed by atoms with E-state index in [4.69, 9.17) is 9.47 Å². The zero-order valence-electron chi connectivity index (χ0n) is 11.0. The van der Waals surface area contributed by atoms with Gasteiger partial charge in [-0.2, -0.15) is 0 Å². The summed E-state index contributed by atoms with van der Waals surface area (Å²) < 4.78 is 12.1. The number of hydrogen-bond donors (Lipinski definition) is 0. The minimum Gasteiger partial charge on any atom is -0.492 e. The van der Waals surface area contributed by atoms with E-state index in [0.717, 1.165) is 11.6 Å². The van der Waals surface area contributed by atoms with Crippen molar-refractivity contribution in [1.29, 1.82) is 0 Å². The lowest BCUT2D eigenvalue weighted by Gasteiger charge is -2.10. The zero-order chi connectivity index (χ0) is 13.7. The first-order valence-corrected chi connectivity index (χ1v) is 6.00. The second-order valence-electron chi connectivity index (χ2n) is 4.00. The lowest BCUT2D eigenvalue weighted by Crippen LogP contribution is -2.16. The highest BCUT2D eigenvalue weighted by Crippen LogP contribution is 2.10. The maximum atomic E-state index is 11.6. The van der Waals surface area contributed by atoms with Crippen molar-refractivity contribution in [2.45, 2.75) is 13.5 Å². The molecule has 2 rings (SSSR count). The van der Waals surface area contributed by atoms with Crippen LogP contribution in [0.1, 0.15) is 16.3 Å². The molecule has 0 atom stereocenters. The smallest absolute Gasteiger partial charge is 0.356 e. The third kappa shape index (κ3) is 3.13. The molecule has 0 saturated heterocycles. The Bertz CT molecular complexity index is 549. The molecule has 0 aliphatic carbocycles. The predicted molar refractivity (Wildman–Crippen MR) is 70.2 cm³/mol. The molecule has 1 aromatic heterocycles. The van der Waals surface area contributed by atoms with Crippen LogP contribution in [-0.4, -0.2) is 29.2 Å². The minimum absolute atomic E-state index is 0.389. The molecular weight excluding hydrogens is 244 g/mol. The van der Waals surface area contributed by atoms with Crippen LogP contribution in [0.15, 0.2) is 36.5 Å². The molecule has 19 heavy (non-hydrogen) atoms. The SMILES string of the molecule is COC(=O)c1cnc(C)n1CCOc1ccccc1. The van der Waals surface area contributed by atoms with Crippen LogP contribution in [0.5, 0.6) is 5.75 Å². The molecule has 0 N–H and O–H groups in total. The lowest BCUT2D eigenvalue weighted by molar-refractivity contribution is 0.0587. The van der Waals surface area contributed by atoms with Crippen molar-refractivity contribution >= 4 is 5.97 Å². The van der Waals surface area contributed by atoms with E-state index in [-0.39, 0.29) is 5.97 Å². The van der Waals surface area contributed by atoms with Crippen LogP contribution >= 0.6 is 0 Å². The Morgan fingerprint density at radius 2 is 2.05 bits per heavy atom. The Kier molecular flexibility index (Phi) is 4.18. The van der Waals surface area contributed by atoms with Crippen molar-refractivity contribution in [2.24, 2.45) is 0 Å². The van der Waals surface area contributed by atoms with Crippen LogP contribution in [0, 0.1) is 6.92 Å². The van der Waals surface area contributed by atoms with Gasteiger partial charge < -0.3 is 14.0 Å². The molecule has 0 amide bonds. The van der Waals surface area contributed by atoms with Gasteiger partial charge in [-0.1, -0.05) is 18.2 Å². The average Bonchev–Trinajstić information content (AvgIpc) is 2.81. The summed E-state index contributed by atoms with van der Waals surface area (Å²) in [5, 5.41) is 0. The molecule has 0 radical (unpaired) electrons. The fourth-order valence-corrected chi connectivity index (χ4v) is 1.79. The highest BCUT2D eigenvalue weighted by Gasteiger charge is 2.14. The maximum absolute atomic E-state index is 11.6. The minimum atomic E-state index is -0.389. The second-order valence-corrected chi connectivity index (χ2v) is 4.00. The van der Waals surface area contributed by atoms with Crippen molar-refractivity contribution in [3.63, 3.8) is 0 Å². The molecule has 5 nitrogen and oxygen atoms in total. The number of nitrogens with zero attached hydrogens (tertiary/aromatic N) is 2. The normalized spacial score (nSPS) is 10.2. The van der Waals surface area contributed by atoms with E-state index in [1.807, 2.05) is 37.3 Å². The Morgan fingerprint density at radius 3 is 2.74 bits per heavy atom. The molecule has 2 aromatic rings. The van der Waals surface area contributed by atoms with Gasteiger partial charge >= 0.3 is 5.97 Å². The summed E-state index contributed by atoms with van der Waals surface area (Å²) in [5.74, 6) is 1.18. The van der Waals surface area contributed by atoms with E-state index in [1.165, 1.54) is 13.3 Å². The van der Waals surface area contributed by atoms with Gasteiger partial charge in [0.25, 0.3) is 0 Å². The molecule has 0 spiro atoms. The van der Waals surface area contributed by atoms with Gasteiger partial charge in [-0.15, -0.1) is 0 Å². The maximum Gasteiger partial charge on any atom is 0.356 e. The Morgan fingerprint density at radius 1 is 1.32 bits per heavy atom. The number of aromatic nitrogens is 2. The number of hydrogen-bond acceptors (Lipinski definition) is 4. The van der Waals surface area contributed by atoms with Gasteiger partial charge in [0.15, 0.2) is 0 Å². The summed E-state index contributed by atoms with van der Waals surface area (Å²) >= 11 is 0. The number of aryl methyl sites for hydroxylation is 1. The van der Waals surface area contributed by atoms with Crippen LogP contribution in [-0.2, 0) is 11.3 Å². The van der Waals surface area contributed by atoms with E-state index in [0.29, 0.717) is 18.8 Å². The van der Waals surface area contributed by atoms with Crippen LogP contribution < -0.4 is 4.74 Å². The van der Waals surface area contributed by atoms with Crippen molar-refractivity contribution in [3.8, 4) is 5.75 Å². The second kappa shape index (κ2) is 6.04. The number of benzene rings is 1. The van der Waals surface area contributed by atoms with E-state index in [2.05, 4.69) is 4.98 Å². The zero-order valence-corrected chi connectivity index (χ0v) is 11.0. The summed E-state index contributed by atoms with van der Waals surface area (Å²) in [5.41, 5.74) is 0.441. The van der Waals surface area contributed by atoms with Gasteiger partial charge in [-0.25, -0.2) is 9.78 Å². The van der Waals surface area contributed by atoms with Crippen LogP contribution in [0.25, 0.3) is 0 Å². The Hall–Kier alpha value is -2.30. The van der Waals surface area contributed by atoms with Gasteiger partial charge in [-0.3, -0.25) is 0 Å². The van der Waals surface area contributed by atoms with Crippen molar-refractivity contribution in [3.05, 3.63) is 48.0 Å². The third-order valence-electron chi connectivity index (χ3n) is 2.78. The lowest BCUT2D eigenvalue weighted by atomic mass is 10.3. The highest BCUT2D eigenvalue weighted by atomic mass is 16.5. The first kappa shape index (κ1) is 13.1. The average molecular weight is 260 g/mol. The molecule has 0 saturated carbocycles. The van der Waals surface area contributed by atoms with Gasteiger partial charge in [0, 0.05) is 0 Å². The number of methoxy groups -OCH3 is 1. The van der Waals surface area contributed by atoms with Crippen LogP contribution in [0.3, 0.4) is 0 Å². The van der Waals surface area contributed by atoms with Gasteiger partial charge in [0.1, 0.15) is 23.9 Å². The fraction of sp³-hybridized carbons (Fsp3) is 0.286. The number of carbonyl (C=O) groups is 1. The summed E-state index contributed by atoms with van der Waals surface area (Å²) in [6, 6.07) is 9.54. The number of para-hydroxylation sites is 1. The molecule has 0 bridgehead atoms. The monoisotopic (exact) mass is 260 g/mol. The summed E-state index contributed by atoms with van der Waals surface area (Å²) in [6.07, 6.45) is 1.52. The van der Waals surface area contributed by atoms with Crippen molar-refractivity contribution < 1.29 is 14.3 Å². The molecular formula is C14H16N2O3. The quantitative estimate of drug-likeness (QED) is 0.772. The molecule has 0 unspecified atom stereocenters. The molecule has 100 valence electrons. The van der Waals surface area contributed by atoms with Crippen LogP contribution in [0.2, 0.25) is 0 Å². The van der Waals surface area contributed by atoms with Gasteiger partial charge in [-0.05, 0) is 19.1 Å². The van der Waals surface area contributed by atoms with Crippen molar-refractivity contribution in [2.75, 3.05) is 13.7 Å². The number of rotatable bonds is 5. The Balaban J connectivity index is 2.00. The van der Waals surface area contributed by atoms with E-state index in [9.17, 15) is 4.79 Å². The summed E-state index contributed by atoms with van der Waals surface area (Å²) in [6.45, 7) is 2.85. The molecule has 5 heteroatoms. The number of esters is 1. The largest absolute Gasteiger partial charge is 0.492 e. The van der Waals surface area contributed by atoms with E-state index < -0.39 is 0 Å². The first-order chi connectivity index (χ1) is 9.22. The van der Waals surface area contributed by atoms with Gasteiger partial charge in [0.05, 0.1) is 19.9 Å². The summed E-state index contributed by atoms with van der Waals surface area (Å²) in [4.78, 5) is 15.7. The number of imidazole rings is 1. The predicted octanol–water partition coefficient (Wildman–Crippen LogP) is 2.06. The number of carbonyl (C=O) groups excluding carboxylic acids is 1. The highest BCUT2D eigenvalue weighted by molar-refractivity contribution is 5.87. The molecule has 0 aliphatic heterocycles. The van der Waals surface area contributed by atoms with E-state index in [1.54, 1.807) is 4.57 Å².